The smallest absolute Gasteiger partial charge is 0.255 e. The molecule has 0 aliphatic carbocycles. The number of thioether (sulfide) groups is 1. The normalized spacial score (nSPS) is 15.8. The number of carbonyl (C=O) groups excluding carboxylic acids is 1. The third-order valence-electron chi connectivity index (χ3n) is 5.16. The number of amides is 1. The van der Waals surface area contributed by atoms with E-state index in [1.807, 2.05) is 84.6 Å². The molecule has 1 aliphatic rings. The lowest BCUT2D eigenvalue weighted by Gasteiger charge is -2.25. The summed E-state index contributed by atoms with van der Waals surface area (Å²) >= 11 is 1.78. The molecule has 5 heteroatoms. The summed E-state index contributed by atoms with van der Waals surface area (Å²) in [5.41, 5.74) is 4.01. The molecule has 0 unspecified atom stereocenters. The zero-order valence-corrected chi connectivity index (χ0v) is 18.0. The Kier molecular flexibility index (Phi) is 6.29. The molecule has 0 radical (unpaired) electrons. The van der Waals surface area contributed by atoms with Gasteiger partial charge < -0.3 is 14.4 Å². The van der Waals surface area contributed by atoms with Crippen molar-refractivity contribution < 1.29 is 14.3 Å². The highest BCUT2D eigenvalue weighted by Gasteiger charge is 2.31. The number of hydrogen-bond donors (Lipinski definition) is 0. The molecular formula is C25H25NO3S. The molecule has 4 nitrogen and oxygen atoms in total. The van der Waals surface area contributed by atoms with Crippen molar-refractivity contribution >= 4 is 17.7 Å². The van der Waals surface area contributed by atoms with Crippen LogP contribution in [0.15, 0.2) is 72.8 Å². The Morgan fingerprint density at radius 3 is 2.53 bits per heavy atom. The standard InChI is InChI=1S/C25H25NO3S/c1-18-8-10-20(11-9-18)24(27)26-14-15-30-25(26)21-12-13-22(28-2)23(16-21)29-17-19-6-4-3-5-7-19/h3-13,16,25H,14-15,17H2,1-2H3/t25-/m0/s1. The highest BCUT2D eigenvalue weighted by atomic mass is 32.2. The van der Waals surface area contributed by atoms with E-state index in [0.717, 1.165) is 34.6 Å². The lowest BCUT2D eigenvalue weighted by Crippen LogP contribution is -2.30. The zero-order chi connectivity index (χ0) is 20.9. The van der Waals surface area contributed by atoms with Crippen molar-refractivity contribution in [2.45, 2.75) is 18.9 Å². The summed E-state index contributed by atoms with van der Waals surface area (Å²) in [5, 5.41) is -0.0382. The minimum absolute atomic E-state index is 0.0382. The zero-order valence-electron chi connectivity index (χ0n) is 17.2. The van der Waals surface area contributed by atoms with Gasteiger partial charge in [0.1, 0.15) is 12.0 Å². The molecule has 1 heterocycles. The van der Waals surface area contributed by atoms with Crippen molar-refractivity contribution in [3.63, 3.8) is 0 Å². The van der Waals surface area contributed by atoms with Crippen LogP contribution in [0.3, 0.4) is 0 Å². The number of hydrogen-bond acceptors (Lipinski definition) is 4. The van der Waals surface area contributed by atoms with E-state index in [-0.39, 0.29) is 11.3 Å². The Balaban J connectivity index is 1.56. The summed E-state index contributed by atoms with van der Waals surface area (Å²) < 4.78 is 11.6. The van der Waals surface area contributed by atoms with Gasteiger partial charge in [0, 0.05) is 17.9 Å². The number of ether oxygens (including phenoxy) is 2. The summed E-state index contributed by atoms with van der Waals surface area (Å²) in [6.45, 7) is 3.22. The predicted octanol–water partition coefficient (Wildman–Crippen LogP) is 5.47. The minimum atomic E-state index is -0.0382. The molecule has 1 aliphatic heterocycles. The van der Waals surface area contributed by atoms with Gasteiger partial charge in [0.05, 0.1) is 7.11 Å². The Bertz CT molecular complexity index is 1000. The van der Waals surface area contributed by atoms with Gasteiger partial charge in [-0.05, 0) is 42.3 Å². The lowest BCUT2D eigenvalue weighted by molar-refractivity contribution is 0.0760. The van der Waals surface area contributed by atoms with Crippen molar-refractivity contribution in [1.29, 1.82) is 0 Å². The molecule has 0 N–H and O–H groups in total. The predicted molar refractivity (Wildman–Crippen MR) is 121 cm³/mol. The van der Waals surface area contributed by atoms with E-state index in [2.05, 4.69) is 0 Å². The first-order valence-corrected chi connectivity index (χ1v) is 11.0. The first-order valence-electron chi connectivity index (χ1n) is 9.99. The van der Waals surface area contributed by atoms with Gasteiger partial charge in [-0.2, -0.15) is 0 Å². The minimum Gasteiger partial charge on any atom is -0.493 e. The highest BCUT2D eigenvalue weighted by Crippen LogP contribution is 2.41. The van der Waals surface area contributed by atoms with Crippen LogP contribution in [-0.4, -0.2) is 30.2 Å². The fraction of sp³-hybridized carbons (Fsp3) is 0.240. The van der Waals surface area contributed by atoms with E-state index < -0.39 is 0 Å². The Labute approximate surface area is 181 Å². The third-order valence-corrected chi connectivity index (χ3v) is 6.42. The molecule has 4 rings (SSSR count). The maximum atomic E-state index is 13.1. The largest absolute Gasteiger partial charge is 0.493 e. The summed E-state index contributed by atoms with van der Waals surface area (Å²) in [5.74, 6) is 2.35. The average molecular weight is 420 g/mol. The molecule has 0 aromatic heterocycles. The topological polar surface area (TPSA) is 38.8 Å². The van der Waals surface area contributed by atoms with Crippen LogP contribution in [0.5, 0.6) is 11.5 Å². The van der Waals surface area contributed by atoms with Crippen LogP contribution in [0.25, 0.3) is 0 Å². The highest BCUT2D eigenvalue weighted by molar-refractivity contribution is 7.99. The lowest BCUT2D eigenvalue weighted by atomic mass is 10.1. The van der Waals surface area contributed by atoms with Crippen molar-refractivity contribution in [3.05, 3.63) is 95.1 Å². The van der Waals surface area contributed by atoms with E-state index in [9.17, 15) is 4.79 Å². The summed E-state index contributed by atoms with van der Waals surface area (Å²) in [4.78, 5) is 15.1. The van der Waals surface area contributed by atoms with Crippen LogP contribution >= 0.6 is 11.8 Å². The molecule has 154 valence electrons. The molecule has 30 heavy (non-hydrogen) atoms. The summed E-state index contributed by atoms with van der Waals surface area (Å²) in [6.07, 6.45) is 0. The van der Waals surface area contributed by atoms with Crippen molar-refractivity contribution in [3.8, 4) is 11.5 Å². The monoisotopic (exact) mass is 419 g/mol. The molecule has 0 spiro atoms. The molecule has 3 aromatic rings. The van der Waals surface area contributed by atoms with Gasteiger partial charge in [-0.25, -0.2) is 0 Å². The first kappa shape index (κ1) is 20.4. The van der Waals surface area contributed by atoms with E-state index in [1.165, 1.54) is 0 Å². The molecule has 1 atom stereocenters. The van der Waals surface area contributed by atoms with Gasteiger partial charge in [-0.15, -0.1) is 11.8 Å². The number of methoxy groups -OCH3 is 1. The molecular weight excluding hydrogens is 394 g/mol. The second-order valence-corrected chi connectivity index (χ2v) is 8.46. The maximum Gasteiger partial charge on any atom is 0.255 e. The summed E-state index contributed by atoms with van der Waals surface area (Å²) in [7, 11) is 1.64. The number of nitrogens with zero attached hydrogens (tertiary/aromatic N) is 1. The van der Waals surface area contributed by atoms with E-state index in [1.54, 1.807) is 18.9 Å². The van der Waals surface area contributed by atoms with Crippen LogP contribution in [0.1, 0.15) is 32.4 Å². The molecule has 0 saturated carbocycles. The number of benzene rings is 3. The van der Waals surface area contributed by atoms with Crippen LogP contribution in [0.2, 0.25) is 0 Å². The number of aryl methyl sites for hydroxylation is 1. The van der Waals surface area contributed by atoms with Gasteiger partial charge in [0.25, 0.3) is 5.91 Å². The van der Waals surface area contributed by atoms with Crippen LogP contribution < -0.4 is 9.47 Å². The van der Waals surface area contributed by atoms with Crippen molar-refractivity contribution in [1.82, 2.24) is 4.90 Å². The Hall–Kier alpha value is -2.92. The average Bonchev–Trinajstić information content (AvgIpc) is 3.28. The Morgan fingerprint density at radius 1 is 1.03 bits per heavy atom. The van der Waals surface area contributed by atoms with Crippen molar-refractivity contribution in [2.75, 3.05) is 19.4 Å². The molecule has 1 saturated heterocycles. The molecule has 3 aromatic carbocycles. The van der Waals surface area contributed by atoms with Crippen LogP contribution in [0, 0.1) is 6.92 Å². The van der Waals surface area contributed by atoms with Crippen LogP contribution in [0.4, 0.5) is 0 Å². The first-order chi connectivity index (χ1) is 14.7. The SMILES string of the molecule is COc1ccc([C@@H]2SCCN2C(=O)c2ccc(C)cc2)cc1OCc1ccccc1. The quantitative estimate of drug-likeness (QED) is 0.531. The van der Waals surface area contributed by atoms with E-state index in [0.29, 0.717) is 18.1 Å². The number of carbonyl (C=O) groups is 1. The van der Waals surface area contributed by atoms with Gasteiger partial charge >= 0.3 is 0 Å². The maximum absolute atomic E-state index is 13.1. The number of rotatable bonds is 6. The second-order valence-electron chi connectivity index (χ2n) is 7.27. The van der Waals surface area contributed by atoms with Crippen molar-refractivity contribution in [2.24, 2.45) is 0 Å². The fourth-order valence-corrected chi connectivity index (χ4v) is 4.76. The molecule has 1 fully saturated rings. The third kappa shape index (κ3) is 4.46. The molecule has 0 bridgehead atoms. The van der Waals surface area contributed by atoms with Crippen LogP contribution in [-0.2, 0) is 6.61 Å². The molecule has 1 amide bonds. The Morgan fingerprint density at radius 2 is 1.80 bits per heavy atom. The van der Waals surface area contributed by atoms with E-state index in [4.69, 9.17) is 9.47 Å². The second kappa shape index (κ2) is 9.26. The van der Waals surface area contributed by atoms with Gasteiger partial charge in [-0.3, -0.25) is 4.79 Å². The van der Waals surface area contributed by atoms with Gasteiger partial charge in [0.2, 0.25) is 0 Å². The fourth-order valence-electron chi connectivity index (χ4n) is 3.51. The summed E-state index contributed by atoms with van der Waals surface area (Å²) in [6, 6.07) is 23.8. The van der Waals surface area contributed by atoms with Gasteiger partial charge in [-0.1, -0.05) is 54.1 Å². The van der Waals surface area contributed by atoms with E-state index >= 15 is 0 Å². The van der Waals surface area contributed by atoms with Gasteiger partial charge in [0.15, 0.2) is 11.5 Å².